The number of esters is 1. The van der Waals surface area contributed by atoms with Crippen LogP contribution in [0.25, 0.3) is 0 Å². The SMILES string of the molecule is COc1ccc(C(=O)OCC(=O)N[C@H]2CCC[C@H](C)[C@@H]2C)c(OC)c1. The van der Waals surface area contributed by atoms with Crippen molar-refractivity contribution in [3.8, 4) is 11.5 Å². The van der Waals surface area contributed by atoms with Gasteiger partial charge in [0.05, 0.1) is 14.2 Å². The third kappa shape index (κ3) is 4.87. The average Bonchev–Trinajstić information content (AvgIpc) is 2.62. The first-order valence-electron chi connectivity index (χ1n) is 8.64. The molecule has 0 radical (unpaired) electrons. The number of carbonyl (C=O) groups is 2. The number of hydrogen-bond donors (Lipinski definition) is 1. The number of benzene rings is 1. The van der Waals surface area contributed by atoms with Gasteiger partial charge in [0.1, 0.15) is 17.1 Å². The van der Waals surface area contributed by atoms with Gasteiger partial charge in [-0.25, -0.2) is 4.79 Å². The minimum Gasteiger partial charge on any atom is -0.497 e. The highest BCUT2D eigenvalue weighted by atomic mass is 16.5. The molecule has 2 rings (SSSR count). The van der Waals surface area contributed by atoms with E-state index in [9.17, 15) is 9.59 Å². The Morgan fingerprint density at radius 3 is 2.60 bits per heavy atom. The summed E-state index contributed by atoms with van der Waals surface area (Å²) < 4.78 is 15.4. The van der Waals surface area contributed by atoms with Crippen molar-refractivity contribution in [3.63, 3.8) is 0 Å². The van der Waals surface area contributed by atoms with E-state index in [0.717, 1.165) is 12.8 Å². The Morgan fingerprint density at radius 1 is 1.16 bits per heavy atom. The van der Waals surface area contributed by atoms with Crippen LogP contribution in [0.2, 0.25) is 0 Å². The van der Waals surface area contributed by atoms with Crippen LogP contribution in [-0.4, -0.2) is 38.7 Å². The standard InChI is InChI=1S/C19H27NO5/c1-12-6-5-7-16(13(12)2)20-18(21)11-25-19(22)15-9-8-14(23-3)10-17(15)24-4/h8-10,12-13,16H,5-7,11H2,1-4H3,(H,20,21)/t12-,13-,16-/m0/s1. The van der Waals surface area contributed by atoms with E-state index in [4.69, 9.17) is 14.2 Å². The van der Waals surface area contributed by atoms with Gasteiger partial charge in [0.2, 0.25) is 0 Å². The van der Waals surface area contributed by atoms with Gasteiger partial charge in [-0.2, -0.15) is 0 Å². The molecule has 0 saturated heterocycles. The van der Waals surface area contributed by atoms with Crippen molar-refractivity contribution < 1.29 is 23.8 Å². The zero-order chi connectivity index (χ0) is 18.4. The molecule has 0 aliphatic heterocycles. The molecule has 1 N–H and O–H groups in total. The Balaban J connectivity index is 1.90. The molecule has 1 amide bonds. The van der Waals surface area contributed by atoms with Gasteiger partial charge in [0.15, 0.2) is 6.61 Å². The van der Waals surface area contributed by atoms with Gasteiger partial charge in [-0.3, -0.25) is 4.79 Å². The monoisotopic (exact) mass is 349 g/mol. The van der Waals surface area contributed by atoms with Crippen LogP contribution in [0.1, 0.15) is 43.5 Å². The Bertz CT molecular complexity index is 616. The minimum absolute atomic E-state index is 0.144. The van der Waals surface area contributed by atoms with Crippen molar-refractivity contribution in [2.24, 2.45) is 11.8 Å². The molecule has 0 heterocycles. The first-order chi connectivity index (χ1) is 12.0. The highest BCUT2D eigenvalue weighted by Crippen LogP contribution is 2.29. The van der Waals surface area contributed by atoms with Gasteiger partial charge in [-0.05, 0) is 30.4 Å². The molecule has 6 heteroatoms. The molecule has 1 aromatic carbocycles. The van der Waals surface area contributed by atoms with Gasteiger partial charge < -0.3 is 19.5 Å². The number of carbonyl (C=O) groups excluding carboxylic acids is 2. The van der Waals surface area contributed by atoms with E-state index in [-0.39, 0.29) is 24.1 Å². The van der Waals surface area contributed by atoms with Gasteiger partial charge in [-0.15, -0.1) is 0 Å². The highest BCUT2D eigenvalue weighted by Gasteiger charge is 2.28. The van der Waals surface area contributed by atoms with Crippen molar-refractivity contribution in [1.29, 1.82) is 0 Å². The van der Waals surface area contributed by atoms with Crippen LogP contribution in [0.5, 0.6) is 11.5 Å². The average molecular weight is 349 g/mol. The molecule has 3 atom stereocenters. The summed E-state index contributed by atoms with van der Waals surface area (Å²) in [5.41, 5.74) is 0.260. The molecular weight excluding hydrogens is 322 g/mol. The lowest BCUT2D eigenvalue weighted by atomic mass is 9.78. The molecule has 1 aliphatic rings. The molecule has 0 aromatic heterocycles. The second-order valence-electron chi connectivity index (χ2n) is 6.58. The van der Waals surface area contributed by atoms with Gasteiger partial charge >= 0.3 is 5.97 Å². The van der Waals surface area contributed by atoms with Gasteiger partial charge in [-0.1, -0.05) is 26.7 Å². The predicted molar refractivity (Wildman–Crippen MR) is 93.9 cm³/mol. The summed E-state index contributed by atoms with van der Waals surface area (Å²) in [4.78, 5) is 24.3. The normalized spacial score (nSPS) is 22.8. The first kappa shape index (κ1) is 19.1. The Hall–Kier alpha value is -2.24. The summed E-state index contributed by atoms with van der Waals surface area (Å²) in [6.45, 7) is 4.06. The second-order valence-corrected chi connectivity index (χ2v) is 6.58. The molecular formula is C19H27NO5. The third-order valence-corrected chi connectivity index (χ3v) is 5.02. The summed E-state index contributed by atoms with van der Waals surface area (Å²) in [6.07, 6.45) is 3.27. The molecule has 0 bridgehead atoms. The molecule has 138 valence electrons. The Kier molecular flexibility index (Phi) is 6.67. The maximum Gasteiger partial charge on any atom is 0.342 e. The zero-order valence-electron chi connectivity index (χ0n) is 15.3. The van der Waals surface area contributed by atoms with E-state index >= 15 is 0 Å². The summed E-state index contributed by atoms with van der Waals surface area (Å²) >= 11 is 0. The minimum atomic E-state index is -0.597. The largest absolute Gasteiger partial charge is 0.497 e. The number of methoxy groups -OCH3 is 2. The number of amides is 1. The quantitative estimate of drug-likeness (QED) is 0.800. The fourth-order valence-electron chi connectivity index (χ4n) is 3.21. The lowest BCUT2D eigenvalue weighted by molar-refractivity contribution is -0.125. The number of nitrogens with one attached hydrogen (secondary N) is 1. The molecule has 1 fully saturated rings. The molecule has 1 aromatic rings. The van der Waals surface area contributed by atoms with Crippen LogP contribution in [-0.2, 0) is 9.53 Å². The lowest BCUT2D eigenvalue weighted by Gasteiger charge is -2.34. The van der Waals surface area contributed by atoms with Crippen molar-refractivity contribution in [2.45, 2.75) is 39.2 Å². The summed E-state index contributed by atoms with van der Waals surface area (Å²) in [7, 11) is 2.99. The van der Waals surface area contributed by atoms with E-state index in [1.165, 1.54) is 20.6 Å². The summed E-state index contributed by atoms with van der Waals surface area (Å²) in [5.74, 6) is 1.07. The topological polar surface area (TPSA) is 73.9 Å². The smallest absolute Gasteiger partial charge is 0.342 e. The van der Waals surface area contributed by atoms with Crippen LogP contribution in [0.4, 0.5) is 0 Å². The van der Waals surface area contributed by atoms with Crippen LogP contribution < -0.4 is 14.8 Å². The van der Waals surface area contributed by atoms with Crippen LogP contribution >= 0.6 is 0 Å². The fourth-order valence-corrected chi connectivity index (χ4v) is 3.21. The maximum absolute atomic E-state index is 12.2. The Labute approximate surface area is 148 Å². The van der Waals surface area contributed by atoms with E-state index in [2.05, 4.69) is 19.2 Å². The third-order valence-electron chi connectivity index (χ3n) is 5.02. The maximum atomic E-state index is 12.2. The first-order valence-corrected chi connectivity index (χ1v) is 8.64. The molecule has 1 aliphatic carbocycles. The van der Waals surface area contributed by atoms with Gasteiger partial charge in [0, 0.05) is 12.1 Å². The van der Waals surface area contributed by atoms with E-state index < -0.39 is 5.97 Å². The number of hydrogen-bond acceptors (Lipinski definition) is 5. The van der Waals surface area contributed by atoms with Crippen molar-refractivity contribution in [3.05, 3.63) is 23.8 Å². The van der Waals surface area contributed by atoms with Gasteiger partial charge in [0.25, 0.3) is 5.91 Å². The molecule has 0 unspecified atom stereocenters. The van der Waals surface area contributed by atoms with E-state index in [1.807, 2.05) is 0 Å². The fraction of sp³-hybridized carbons (Fsp3) is 0.579. The van der Waals surface area contributed by atoms with Crippen molar-refractivity contribution >= 4 is 11.9 Å². The van der Waals surface area contributed by atoms with Crippen LogP contribution in [0.3, 0.4) is 0 Å². The molecule has 6 nitrogen and oxygen atoms in total. The Morgan fingerprint density at radius 2 is 1.92 bits per heavy atom. The molecule has 25 heavy (non-hydrogen) atoms. The molecule has 0 spiro atoms. The van der Waals surface area contributed by atoms with Crippen LogP contribution in [0, 0.1) is 11.8 Å². The van der Waals surface area contributed by atoms with E-state index in [0.29, 0.717) is 23.3 Å². The predicted octanol–water partition coefficient (Wildman–Crippen LogP) is 2.80. The highest BCUT2D eigenvalue weighted by molar-refractivity contribution is 5.94. The van der Waals surface area contributed by atoms with E-state index in [1.54, 1.807) is 18.2 Å². The number of rotatable bonds is 6. The zero-order valence-corrected chi connectivity index (χ0v) is 15.3. The van der Waals surface area contributed by atoms with Crippen molar-refractivity contribution in [1.82, 2.24) is 5.32 Å². The molecule has 1 saturated carbocycles. The lowest BCUT2D eigenvalue weighted by Crippen LogP contribution is -2.45. The number of ether oxygens (including phenoxy) is 3. The van der Waals surface area contributed by atoms with Crippen LogP contribution in [0.15, 0.2) is 18.2 Å². The summed E-state index contributed by atoms with van der Waals surface area (Å²) in [6, 6.07) is 4.94. The second kappa shape index (κ2) is 8.74. The van der Waals surface area contributed by atoms with Crippen molar-refractivity contribution in [2.75, 3.05) is 20.8 Å². The summed E-state index contributed by atoms with van der Waals surface area (Å²) in [5, 5.41) is 2.99.